The summed E-state index contributed by atoms with van der Waals surface area (Å²) in [6.45, 7) is 7.71. The highest BCUT2D eigenvalue weighted by Gasteiger charge is 2.31. The molecule has 2 nitrogen and oxygen atoms in total. The Bertz CT molecular complexity index is 388. The number of nitrogens with one attached hydrogen (secondary N) is 1. The van der Waals surface area contributed by atoms with Crippen LogP contribution in [0.4, 0.5) is 0 Å². The van der Waals surface area contributed by atoms with Crippen molar-refractivity contribution in [3.63, 3.8) is 0 Å². The molecule has 20 heavy (non-hydrogen) atoms. The molecule has 0 radical (unpaired) electrons. The number of benzene rings is 1. The van der Waals surface area contributed by atoms with E-state index in [9.17, 15) is 0 Å². The standard InChI is InChI=1S/C18H29NO/c1-4-14-19-17(15-8-6-5-7-9-15)11-10-16-12-13-18(2,3)20-16/h5-9,16-17,19H,4,10-14H2,1-3H3. The zero-order valence-electron chi connectivity index (χ0n) is 13.2. The Kier molecular flexibility index (Phi) is 5.62. The topological polar surface area (TPSA) is 21.3 Å². The first-order valence-electron chi connectivity index (χ1n) is 8.07. The monoisotopic (exact) mass is 275 g/mol. The van der Waals surface area contributed by atoms with Crippen LogP contribution in [0.25, 0.3) is 0 Å². The second-order valence-corrected chi connectivity index (χ2v) is 6.53. The van der Waals surface area contributed by atoms with Crippen molar-refractivity contribution in [3.05, 3.63) is 35.9 Å². The molecule has 1 fully saturated rings. The Morgan fingerprint density at radius 2 is 2.05 bits per heavy atom. The molecule has 0 aromatic heterocycles. The third kappa shape index (κ3) is 4.60. The normalized spacial score (nSPS) is 22.9. The molecule has 0 aliphatic carbocycles. The number of rotatable bonds is 7. The predicted molar refractivity (Wildman–Crippen MR) is 84.9 cm³/mol. The second kappa shape index (κ2) is 7.24. The Labute approximate surface area is 123 Å². The van der Waals surface area contributed by atoms with Crippen molar-refractivity contribution in [1.82, 2.24) is 5.32 Å². The summed E-state index contributed by atoms with van der Waals surface area (Å²) in [7, 11) is 0. The van der Waals surface area contributed by atoms with Crippen LogP contribution in [0.2, 0.25) is 0 Å². The molecule has 0 bridgehead atoms. The van der Waals surface area contributed by atoms with Gasteiger partial charge in [-0.1, -0.05) is 37.3 Å². The molecule has 1 aromatic carbocycles. The zero-order chi connectivity index (χ0) is 14.4. The lowest BCUT2D eigenvalue weighted by Crippen LogP contribution is -2.24. The lowest BCUT2D eigenvalue weighted by atomic mass is 9.98. The minimum absolute atomic E-state index is 0.0871. The van der Waals surface area contributed by atoms with Crippen molar-refractivity contribution < 1.29 is 4.74 Å². The number of hydrogen-bond acceptors (Lipinski definition) is 2. The van der Waals surface area contributed by atoms with Crippen molar-refractivity contribution in [2.24, 2.45) is 0 Å². The first kappa shape index (κ1) is 15.5. The van der Waals surface area contributed by atoms with Crippen LogP contribution in [0.3, 0.4) is 0 Å². The van der Waals surface area contributed by atoms with Crippen LogP contribution in [-0.2, 0) is 4.74 Å². The van der Waals surface area contributed by atoms with Crippen LogP contribution in [0.15, 0.2) is 30.3 Å². The lowest BCUT2D eigenvalue weighted by Gasteiger charge is -2.23. The van der Waals surface area contributed by atoms with Crippen molar-refractivity contribution in [1.29, 1.82) is 0 Å². The maximum atomic E-state index is 6.11. The highest BCUT2D eigenvalue weighted by atomic mass is 16.5. The molecule has 1 aliphatic rings. The number of ether oxygens (including phenoxy) is 1. The molecule has 1 aliphatic heterocycles. The third-order valence-corrected chi connectivity index (χ3v) is 4.17. The van der Waals surface area contributed by atoms with Crippen molar-refractivity contribution in [2.75, 3.05) is 6.54 Å². The first-order chi connectivity index (χ1) is 9.61. The van der Waals surface area contributed by atoms with Gasteiger partial charge < -0.3 is 10.1 Å². The fourth-order valence-electron chi connectivity index (χ4n) is 3.02. The lowest BCUT2D eigenvalue weighted by molar-refractivity contribution is -0.0198. The minimum atomic E-state index is 0.0871. The summed E-state index contributed by atoms with van der Waals surface area (Å²) in [6.07, 6.45) is 6.33. The van der Waals surface area contributed by atoms with Crippen LogP contribution in [0.5, 0.6) is 0 Å². The van der Waals surface area contributed by atoms with Crippen molar-refractivity contribution >= 4 is 0 Å². The number of hydrogen-bond donors (Lipinski definition) is 1. The molecule has 1 heterocycles. The van der Waals surface area contributed by atoms with E-state index in [2.05, 4.69) is 56.4 Å². The van der Waals surface area contributed by atoms with E-state index in [1.807, 2.05) is 0 Å². The van der Waals surface area contributed by atoms with Crippen LogP contribution < -0.4 is 5.32 Å². The molecule has 1 aromatic rings. The van der Waals surface area contributed by atoms with E-state index in [4.69, 9.17) is 4.74 Å². The Hall–Kier alpha value is -0.860. The van der Waals surface area contributed by atoms with E-state index < -0.39 is 0 Å². The van der Waals surface area contributed by atoms with E-state index in [-0.39, 0.29) is 5.60 Å². The van der Waals surface area contributed by atoms with Crippen LogP contribution in [0, 0.1) is 0 Å². The van der Waals surface area contributed by atoms with Gasteiger partial charge in [0.15, 0.2) is 0 Å². The smallest absolute Gasteiger partial charge is 0.0631 e. The maximum absolute atomic E-state index is 6.11. The first-order valence-corrected chi connectivity index (χ1v) is 8.07. The molecule has 2 atom stereocenters. The third-order valence-electron chi connectivity index (χ3n) is 4.17. The fourth-order valence-corrected chi connectivity index (χ4v) is 3.02. The molecule has 1 N–H and O–H groups in total. The molecule has 0 spiro atoms. The van der Waals surface area contributed by atoms with Gasteiger partial charge in [-0.05, 0) is 58.1 Å². The summed E-state index contributed by atoms with van der Waals surface area (Å²) in [5.41, 5.74) is 1.49. The fraction of sp³-hybridized carbons (Fsp3) is 0.667. The van der Waals surface area contributed by atoms with E-state index in [1.54, 1.807) is 0 Å². The van der Waals surface area contributed by atoms with E-state index in [0.29, 0.717) is 12.1 Å². The summed E-state index contributed by atoms with van der Waals surface area (Å²) in [5, 5.41) is 3.67. The van der Waals surface area contributed by atoms with Gasteiger partial charge in [-0.3, -0.25) is 0 Å². The van der Waals surface area contributed by atoms with E-state index in [0.717, 1.165) is 19.4 Å². The zero-order valence-corrected chi connectivity index (χ0v) is 13.2. The van der Waals surface area contributed by atoms with Gasteiger partial charge in [0.25, 0.3) is 0 Å². The van der Waals surface area contributed by atoms with Crippen LogP contribution in [0.1, 0.15) is 64.5 Å². The average molecular weight is 275 g/mol. The summed E-state index contributed by atoms with van der Waals surface area (Å²) >= 11 is 0. The average Bonchev–Trinajstić information content (AvgIpc) is 2.79. The highest BCUT2D eigenvalue weighted by Crippen LogP contribution is 2.33. The molecule has 2 unspecified atom stereocenters. The Morgan fingerprint density at radius 1 is 1.30 bits per heavy atom. The van der Waals surface area contributed by atoms with Crippen molar-refractivity contribution in [2.45, 2.75) is 70.6 Å². The van der Waals surface area contributed by atoms with Crippen molar-refractivity contribution in [3.8, 4) is 0 Å². The summed E-state index contributed by atoms with van der Waals surface area (Å²) in [6, 6.07) is 11.3. The van der Waals surface area contributed by atoms with E-state index in [1.165, 1.54) is 24.8 Å². The minimum Gasteiger partial charge on any atom is -0.372 e. The predicted octanol–water partition coefficient (Wildman–Crippen LogP) is 4.47. The molecular weight excluding hydrogens is 246 g/mol. The molecule has 1 saturated heterocycles. The quantitative estimate of drug-likeness (QED) is 0.793. The maximum Gasteiger partial charge on any atom is 0.0631 e. The molecule has 0 amide bonds. The van der Waals surface area contributed by atoms with Gasteiger partial charge in [-0.15, -0.1) is 0 Å². The summed E-state index contributed by atoms with van der Waals surface area (Å²) in [4.78, 5) is 0. The van der Waals surface area contributed by atoms with Gasteiger partial charge >= 0.3 is 0 Å². The van der Waals surface area contributed by atoms with Gasteiger partial charge in [-0.25, -0.2) is 0 Å². The summed E-state index contributed by atoms with van der Waals surface area (Å²) in [5.74, 6) is 0. The Balaban J connectivity index is 1.88. The highest BCUT2D eigenvalue weighted by molar-refractivity contribution is 5.18. The SMILES string of the molecule is CCCNC(CCC1CCC(C)(C)O1)c1ccccc1. The van der Waals surface area contributed by atoms with E-state index >= 15 is 0 Å². The van der Waals surface area contributed by atoms with Gasteiger partial charge in [0.2, 0.25) is 0 Å². The molecular formula is C18H29NO. The van der Waals surface area contributed by atoms with Crippen LogP contribution in [-0.4, -0.2) is 18.2 Å². The molecule has 0 saturated carbocycles. The Morgan fingerprint density at radius 3 is 2.65 bits per heavy atom. The van der Waals surface area contributed by atoms with Gasteiger partial charge in [0.05, 0.1) is 11.7 Å². The molecule has 112 valence electrons. The summed E-state index contributed by atoms with van der Waals surface area (Å²) < 4.78 is 6.11. The van der Waals surface area contributed by atoms with Gasteiger partial charge in [0.1, 0.15) is 0 Å². The van der Waals surface area contributed by atoms with Gasteiger partial charge in [-0.2, -0.15) is 0 Å². The second-order valence-electron chi connectivity index (χ2n) is 6.53. The molecule has 2 rings (SSSR count). The van der Waals surface area contributed by atoms with Crippen LogP contribution >= 0.6 is 0 Å². The molecule has 2 heteroatoms. The largest absolute Gasteiger partial charge is 0.372 e. The van der Waals surface area contributed by atoms with Gasteiger partial charge in [0, 0.05) is 6.04 Å².